The molecule has 1 amide bonds. The Morgan fingerprint density at radius 1 is 1.22 bits per heavy atom. The lowest BCUT2D eigenvalue weighted by atomic mass is 10.1. The predicted octanol–water partition coefficient (Wildman–Crippen LogP) is 2.73. The number of carbonyl (C=O) groups is 1. The number of hydrogen-bond acceptors (Lipinski definition) is 3. The second-order valence-electron chi connectivity index (χ2n) is 5.47. The number of aryl methyl sites for hydroxylation is 2. The molecular weight excluding hydrogens is 288 g/mol. The van der Waals surface area contributed by atoms with Crippen molar-refractivity contribution in [3.05, 3.63) is 59.7 Å². The minimum atomic E-state index is -0.0651. The van der Waals surface area contributed by atoms with E-state index in [1.165, 1.54) is 0 Å². The van der Waals surface area contributed by atoms with Gasteiger partial charge in [0, 0.05) is 31.0 Å². The monoisotopic (exact) mass is 308 g/mol. The molecular formula is C18H20N4O. The Kier molecular flexibility index (Phi) is 4.37. The maximum Gasteiger partial charge on any atom is 0.251 e. The van der Waals surface area contributed by atoms with Crippen molar-refractivity contribution < 1.29 is 4.79 Å². The van der Waals surface area contributed by atoms with Crippen molar-refractivity contribution in [3.63, 3.8) is 0 Å². The molecule has 23 heavy (non-hydrogen) atoms. The van der Waals surface area contributed by atoms with Gasteiger partial charge in [-0.25, -0.2) is 4.98 Å². The van der Waals surface area contributed by atoms with Crippen LogP contribution >= 0.6 is 0 Å². The number of amides is 1. The number of nitrogens with zero attached hydrogens (tertiary/aromatic N) is 3. The van der Waals surface area contributed by atoms with Gasteiger partial charge in [-0.05, 0) is 56.2 Å². The minimum absolute atomic E-state index is 0.0651. The molecule has 5 nitrogen and oxygen atoms in total. The smallest absolute Gasteiger partial charge is 0.251 e. The molecule has 118 valence electrons. The van der Waals surface area contributed by atoms with Crippen LogP contribution in [0.2, 0.25) is 0 Å². The molecule has 0 unspecified atom stereocenters. The summed E-state index contributed by atoms with van der Waals surface area (Å²) in [6, 6.07) is 9.60. The maximum atomic E-state index is 12.3. The molecule has 0 saturated carbocycles. The highest BCUT2D eigenvalue weighted by molar-refractivity contribution is 5.97. The van der Waals surface area contributed by atoms with E-state index in [9.17, 15) is 4.79 Å². The number of imidazole rings is 1. The highest BCUT2D eigenvalue weighted by Gasteiger charge is 2.10. The summed E-state index contributed by atoms with van der Waals surface area (Å²) in [4.78, 5) is 20.8. The minimum Gasteiger partial charge on any atom is -0.352 e. The zero-order chi connectivity index (χ0) is 16.2. The fourth-order valence-electron chi connectivity index (χ4n) is 2.76. The standard InChI is InChI=1S/C18H20N4O/c1-3-22-13(2)21-16-12-15(4-5-17(16)22)18(23)20-11-8-14-6-9-19-10-7-14/h4-7,9-10,12H,3,8,11H2,1-2H3,(H,20,23). The maximum absolute atomic E-state index is 12.3. The lowest BCUT2D eigenvalue weighted by molar-refractivity contribution is 0.0954. The Balaban J connectivity index is 1.69. The van der Waals surface area contributed by atoms with Crippen molar-refractivity contribution in [2.24, 2.45) is 0 Å². The molecule has 3 aromatic rings. The van der Waals surface area contributed by atoms with Gasteiger partial charge < -0.3 is 9.88 Å². The van der Waals surface area contributed by atoms with Crippen LogP contribution in [0.1, 0.15) is 28.7 Å². The first kappa shape index (κ1) is 15.2. The van der Waals surface area contributed by atoms with Crippen LogP contribution in [0, 0.1) is 6.92 Å². The topological polar surface area (TPSA) is 59.8 Å². The summed E-state index contributed by atoms with van der Waals surface area (Å²) in [5.41, 5.74) is 3.74. The van der Waals surface area contributed by atoms with Gasteiger partial charge in [0.15, 0.2) is 0 Å². The third-order valence-corrected chi connectivity index (χ3v) is 3.97. The number of hydrogen-bond donors (Lipinski definition) is 1. The van der Waals surface area contributed by atoms with Crippen molar-refractivity contribution >= 4 is 16.9 Å². The molecule has 0 spiro atoms. The van der Waals surface area contributed by atoms with E-state index in [4.69, 9.17) is 0 Å². The van der Waals surface area contributed by atoms with Gasteiger partial charge in [0.2, 0.25) is 0 Å². The van der Waals surface area contributed by atoms with Crippen LogP contribution in [-0.4, -0.2) is 27.0 Å². The van der Waals surface area contributed by atoms with Crippen molar-refractivity contribution in [1.82, 2.24) is 19.9 Å². The molecule has 3 rings (SSSR count). The van der Waals surface area contributed by atoms with Gasteiger partial charge in [-0.15, -0.1) is 0 Å². The van der Waals surface area contributed by atoms with E-state index in [-0.39, 0.29) is 5.91 Å². The second-order valence-corrected chi connectivity index (χ2v) is 5.47. The van der Waals surface area contributed by atoms with E-state index in [0.29, 0.717) is 12.1 Å². The van der Waals surface area contributed by atoms with Gasteiger partial charge in [-0.2, -0.15) is 0 Å². The van der Waals surface area contributed by atoms with E-state index < -0.39 is 0 Å². The molecule has 2 aromatic heterocycles. The fourth-order valence-corrected chi connectivity index (χ4v) is 2.76. The Hall–Kier alpha value is -2.69. The summed E-state index contributed by atoms with van der Waals surface area (Å²) in [6.45, 7) is 5.55. The van der Waals surface area contributed by atoms with Crippen LogP contribution in [0.4, 0.5) is 0 Å². The fraction of sp³-hybridized carbons (Fsp3) is 0.278. The quantitative estimate of drug-likeness (QED) is 0.788. The van der Waals surface area contributed by atoms with Gasteiger partial charge in [0.25, 0.3) is 5.91 Å². The van der Waals surface area contributed by atoms with Gasteiger partial charge in [-0.1, -0.05) is 0 Å². The van der Waals surface area contributed by atoms with Crippen molar-refractivity contribution in [2.75, 3.05) is 6.54 Å². The zero-order valence-corrected chi connectivity index (χ0v) is 13.4. The molecule has 0 aliphatic heterocycles. The number of nitrogens with one attached hydrogen (secondary N) is 1. The van der Waals surface area contributed by atoms with E-state index in [1.807, 2.05) is 37.3 Å². The van der Waals surface area contributed by atoms with Crippen LogP contribution in [-0.2, 0) is 13.0 Å². The molecule has 0 aliphatic carbocycles. The molecule has 5 heteroatoms. The van der Waals surface area contributed by atoms with Crippen molar-refractivity contribution in [3.8, 4) is 0 Å². The lowest BCUT2D eigenvalue weighted by Gasteiger charge is -2.06. The first-order chi connectivity index (χ1) is 11.2. The Bertz CT molecular complexity index is 824. The molecule has 0 bridgehead atoms. The normalized spacial score (nSPS) is 10.9. The van der Waals surface area contributed by atoms with Gasteiger partial charge in [-0.3, -0.25) is 9.78 Å². The summed E-state index contributed by atoms with van der Waals surface area (Å²) in [5, 5.41) is 2.95. The molecule has 0 radical (unpaired) electrons. The summed E-state index contributed by atoms with van der Waals surface area (Å²) in [6.07, 6.45) is 4.31. The van der Waals surface area contributed by atoms with E-state index >= 15 is 0 Å². The Labute approximate surface area is 135 Å². The highest BCUT2D eigenvalue weighted by Crippen LogP contribution is 2.17. The molecule has 0 atom stereocenters. The van der Waals surface area contributed by atoms with E-state index in [1.54, 1.807) is 12.4 Å². The first-order valence-electron chi connectivity index (χ1n) is 7.83. The van der Waals surface area contributed by atoms with Crippen LogP contribution in [0.5, 0.6) is 0 Å². The molecule has 1 aromatic carbocycles. The highest BCUT2D eigenvalue weighted by atomic mass is 16.1. The summed E-state index contributed by atoms with van der Waals surface area (Å²) >= 11 is 0. The molecule has 0 saturated heterocycles. The third-order valence-electron chi connectivity index (χ3n) is 3.97. The summed E-state index contributed by atoms with van der Waals surface area (Å²) in [7, 11) is 0. The molecule has 0 aliphatic rings. The van der Waals surface area contributed by atoms with Crippen molar-refractivity contribution in [2.45, 2.75) is 26.8 Å². The summed E-state index contributed by atoms with van der Waals surface area (Å²) < 4.78 is 2.14. The third kappa shape index (κ3) is 3.23. The zero-order valence-electron chi connectivity index (χ0n) is 13.4. The van der Waals surface area contributed by atoms with Gasteiger partial charge in [0.1, 0.15) is 5.82 Å². The van der Waals surface area contributed by atoms with Crippen LogP contribution in [0.25, 0.3) is 11.0 Å². The average Bonchev–Trinajstić information content (AvgIpc) is 2.89. The van der Waals surface area contributed by atoms with Crippen LogP contribution in [0.15, 0.2) is 42.7 Å². The lowest BCUT2D eigenvalue weighted by Crippen LogP contribution is -2.25. The van der Waals surface area contributed by atoms with E-state index in [2.05, 4.69) is 26.8 Å². The Morgan fingerprint density at radius 3 is 2.74 bits per heavy atom. The number of rotatable bonds is 5. The number of aromatic nitrogens is 3. The number of benzene rings is 1. The van der Waals surface area contributed by atoms with Gasteiger partial charge >= 0.3 is 0 Å². The summed E-state index contributed by atoms with van der Waals surface area (Å²) in [5.74, 6) is 0.905. The molecule has 1 N–H and O–H groups in total. The number of fused-ring (bicyclic) bond motifs is 1. The van der Waals surface area contributed by atoms with Crippen molar-refractivity contribution in [1.29, 1.82) is 0 Å². The predicted molar refractivity (Wildman–Crippen MR) is 90.4 cm³/mol. The largest absolute Gasteiger partial charge is 0.352 e. The van der Waals surface area contributed by atoms with E-state index in [0.717, 1.165) is 35.4 Å². The van der Waals surface area contributed by atoms with Crippen LogP contribution in [0.3, 0.4) is 0 Å². The first-order valence-corrected chi connectivity index (χ1v) is 7.83. The second kappa shape index (κ2) is 6.60. The molecule has 2 heterocycles. The average molecular weight is 308 g/mol. The van der Waals surface area contributed by atoms with Gasteiger partial charge in [0.05, 0.1) is 11.0 Å². The number of carbonyl (C=O) groups excluding carboxylic acids is 1. The Morgan fingerprint density at radius 2 is 2.00 bits per heavy atom. The number of pyridine rings is 1. The molecule has 0 fully saturated rings. The SMILES string of the molecule is CCn1c(C)nc2cc(C(=O)NCCc3ccncc3)ccc21. The van der Waals surface area contributed by atoms with Crippen LogP contribution < -0.4 is 5.32 Å².